The van der Waals surface area contributed by atoms with E-state index in [2.05, 4.69) is 18.7 Å². The lowest BCUT2D eigenvalue weighted by Gasteiger charge is -2.30. The first-order valence-electron chi connectivity index (χ1n) is 5.93. The number of nitrogens with two attached hydrogens (primary N) is 1. The Labute approximate surface area is 108 Å². The molecule has 0 saturated carbocycles. The summed E-state index contributed by atoms with van der Waals surface area (Å²) in [7, 11) is 1.97. The van der Waals surface area contributed by atoms with E-state index < -0.39 is 0 Å². The van der Waals surface area contributed by atoms with E-state index in [0.717, 1.165) is 12.2 Å². The van der Waals surface area contributed by atoms with E-state index in [1.54, 1.807) is 19.1 Å². The fourth-order valence-corrected chi connectivity index (χ4v) is 1.88. The summed E-state index contributed by atoms with van der Waals surface area (Å²) in [4.78, 5) is 12.5. The van der Waals surface area contributed by atoms with Crippen molar-refractivity contribution >= 4 is 11.4 Å². The fourth-order valence-electron chi connectivity index (χ4n) is 1.88. The zero-order valence-corrected chi connectivity index (χ0v) is 11.4. The summed E-state index contributed by atoms with van der Waals surface area (Å²) in [6.45, 7) is 7.36. The zero-order valence-electron chi connectivity index (χ0n) is 11.4. The Kier molecular flexibility index (Phi) is 4.29. The molecule has 0 aliphatic rings. The van der Waals surface area contributed by atoms with Crippen molar-refractivity contribution in [3.8, 4) is 0 Å². The smallest absolute Gasteiger partial charge is 0.272 e. The highest BCUT2D eigenvalue weighted by molar-refractivity contribution is 5.54. The number of anilines is 1. The quantitative estimate of drug-likeness (QED) is 0.644. The van der Waals surface area contributed by atoms with E-state index in [1.165, 1.54) is 0 Å². The van der Waals surface area contributed by atoms with E-state index in [0.29, 0.717) is 12.1 Å². The average Bonchev–Trinajstić information content (AvgIpc) is 2.27. The molecule has 0 bridgehead atoms. The van der Waals surface area contributed by atoms with Crippen molar-refractivity contribution in [2.24, 2.45) is 11.1 Å². The first-order valence-corrected chi connectivity index (χ1v) is 5.93. The van der Waals surface area contributed by atoms with Crippen molar-refractivity contribution in [3.05, 3.63) is 33.9 Å². The van der Waals surface area contributed by atoms with Gasteiger partial charge in [-0.15, -0.1) is 0 Å². The van der Waals surface area contributed by atoms with Gasteiger partial charge in [-0.3, -0.25) is 10.1 Å². The SMILES string of the molecule is Cc1cc(N(C)CC(C)(C)CN)ccc1[N+](=O)[O-]. The summed E-state index contributed by atoms with van der Waals surface area (Å²) >= 11 is 0. The Morgan fingerprint density at radius 2 is 2.06 bits per heavy atom. The lowest BCUT2D eigenvalue weighted by atomic mass is 9.93. The molecule has 0 aliphatic carbocycles. The number of aryl methyl sites for hydroxylation is 1. The van der Waals surface area contributed by atoms with Crippen LogP contribution < -0.4 is 10.6 Å². The normalized spacial score (nSPS) is 11.4. The number of rotatable bonds is 5. The zero-order chi connectivity index (χ0) is 13.9. The monoisotopic (exact) mass is 251 g/mol. The van der Waals surface area contributed by atoms with Crippen LogP contribution in [-0.4, -0.2) is 25.1 Å². The lowest BCUT2D eigenvalue weighted by Crippen LogP contribution is -2.36. The summed E-state index contributed by atoms with van der Waals surface area (Å²) in [5.74, 6) is 0. The Hall–Kier alpha value is -1.62. The molecule has 100 valence electrons. The Morgan fingerprint density at radius 1 is 1.44 bits per heavy atom. The van der Waals surface area contributed by atoms with Gasteiger partial charge in [-0.25, -0.2) is 0 Å². The second-order valence-corrected chi connectivity index (χ2v) is 5.45. The largest absolute Gasteiger partial charge is 0.374 e. The first kappa shape index (κ1) is 14.4. The number of nitro groups is 1. The van der Waals surface area contributed by atoms with Gasteiger partial charge in [0.15, 0.2) is 0 Å². The minimum absolute atomic E-state index is 0.0183. The summed E-state index contributed by atoms with van der Waals surface area (Å²) in [5, 5.41) is 10.8. The minimum atomic E-state index is -0.358. The molecule has 0 aromatic heterocycles. The van der Waals surface area contributed by atoms with Gasteiger partial charge in [0.25, 0.3) is 5.69 Å². The number of hydrogen-bond donors (Lipinski definition) is 1. The van der Waals surface area contributed by atoms with Crippen LogP contribution in [-0.2, 0) is 0 Å². The maximum Gasteiger partial charge on any atom is 0.272 e. The maximum absolute atomic E-state index is 10.8. The molecule has 5 heteroatoms. The molecule has 1 aromatic carbocycles. The molecule has 0 unspecified atom stereocenters. The van der Waals surface area contributed by atoms with Crippen molar-refractivity contribution in [3.63, 3.8) is 0 Å². The highest BCUT2D eigenvalue weighted by Gasteiger charge is 2.19. The molecule has 0 amide bonds. The van der Waals surface area contributed by atoms with Crippen molar-refractivity contribution < 1.29 is 4.92 Å². The van der Waals surface area contributed by atoms with Crippen LogP contribution in [0.2, 0.25) is 0 Å². The van der Waals surface area contributed by atoms with Crippen LogP contribution in [0.15, 0.2) is 18.2 Å². The van der Waals surface area contributed by atoms with Gasteiger partial charge >= 0.3 is 0 Å². The van der Waals surface area contributed by atoms with Crippen LogP contribution >= 0.6 is 0 Å². The molecule has 5 nitrogen and oxygen atoms in total. The summed E-state index contributed by atoms with van der Waals surface area (Å²) in [5.41, 5.74) is 7.53. The van der Waals surface area contributed by atoms with Gasteiger partial charge < -0.3 is 10.6 Å². The van der Waals surface area contributed by atoms with Crippen molar-refractivity contribution in [2.45, 2.75) is 20.8 Å². The maximum atomic E-state index is 10.8. The topological polar surface area (TPSA) is 72.4 Å². The second-order valence-electron chi connectivity index (χ2n) is 5.45. The first-order chi connectivity index (χ1) is 8.26. The molecule has 0 heterocycles. The minimum Gasteiger partial charge on any atom is -0.374 e. The molecule has 0 fully saturated rings. The molecule has 0 spiro atoms. The van der Waals surface area contributed by atoms with Gasteiger partial charge in [0.05, 0.1) is 4.92 Å². The summed E-state index contributed by atoms with van der Waals surface area (Å²) < 4.78 is 0. The highest BCUT2D eigenvalue weighted by atomic mass is 16.6. The van der Waals surface area contributed by atoms with Crippen LogP contribution in [0, 0.1) is 22.5 Å². The molecule has 2 N–H and O–H groups in total. The number of nitrogens with zero attached hydrogens (tertiary/aromatic N) is 2. The predicted molar refractivity (Wildman–Crippen MR) is 73.9 cm³/mol. The van der Waals surface area contributed by atoms with Crippen LogP contribution in [0.3, 0.4) is 0 Å². The van der Waals surface area contributed by atoms with Gasteiger partial charge in [0.2, 0.25) is 0 Å². The molecular weight excluding hydrogens is 230 g/mol. The highest BCUT2D eigenvalue weighted by Crippen LogP contribution is 2.25. The van der Waals surface area contributed by atoms with E-state index in [9.17, 15) is 10.1 Å². The Bertz CT molecular complexity index is 444. The number of nitro benzene ring substituents is 1. The van der Waals surface area contributed by atoms with Gasteiger partial charge in [-0.2, -0.15) is 0 Å². The molecule has 0 aliphatic heterocycles. The molecule has 0 radical (unpaired) electrons. The van der Waals surface area contributed by atoms with Gasteiger partial charge in [-0.05, 0) is 31.0 Å². The van der Waals surface area contributed by atoms with E-state index >= 15 is 0 Å². The predicted octanol–water partition coefficient (Wildman–Crippen LogP) is 2.32. The van der Waals surface area contributed by atoms with Crippen LogP contribution in [0.25, 0.3) is 0 Å². The third kappa shape index (κ3) is 3.43. The molecule has 18 heavy (non-hydrogen) atoms. The third-order valence-electron chi connectivity index (χ3n) is 3.04. The number of hydrogen-bond acceptors (Lipinski definition) is 4. The van der Waals surface area contributed by atoms with Gasteiger partial charge in [0, 0.05) is 30.9 Å². The van der Waals surface area contributed by atoms with Crippen molar-refractivity contribution in [1.82, 2.24) is 0 Å². The van der Waals surface area contributed by atoms with E-state index in [1.807, 2.05) is 13.1 Å². The fraction of sp³-hybridized carbons (Fsp3) is 0.538. The molecule has 0 saturated heterocycles. The molecular formula is C13H21N3O2. The molecule has 1 rings (SSSR count). The third-order valence-corrected chi connectivity index (χ3v) is 3.04. The number of benzene rings is 1. The van der Waals surface area contributed by atoms with E-state index in [-0.39, 0.29) is 16.0 Å². The second kappa shape index (κ2) is 5.35. The molecule has 0 atom stereocenters. The van der Waals surface area contributed by atoms with Gasteiger partial charge in [0.1, 0.15) is 0 Å². The Balaban J connectivity index is 2.91. The molecule has 1 aromatic rings. The lowest BCUT2D eigenvalue weighted by molar-refractivity contribution is -0.385. The van der Waals surface area contributed by atoms with Crippen LogP contribution in [0.1, 0.15) is 19.4 Å². The Morgan fingerprint density at radius 3 is 2.50 bits per heavy atom. The van der Waals surface area contributed by atoms with Crippen LogP contribution in [0.5, 0.6) is 0 Å². The summed E-state index contributed by atoms with van der Waals surface area (Å²) in [6.07, 6.45) is 0. The van der Waals surface area contributed by atoms with Crippen molar-refractivity contribution in [1.29, 1.82) is 0 Å². The van der Waals surface area contributed by atoms with Crippen LogP contribution in [0.4, 0.5) is 11.4 Å². The standard InChI is InChI=1S/C13H21N3O2/c1-10-7-11(5-6-12(10)16(17)18)15(4)9-13(2,3)8-14/h5-7H,8-9,14H2,1-4H3. The van der Waals surface area contributed by atoms with E-state index in [4.69, 9.17) is 5.73 Å². The summed E-state index contributed by atoms with van der Waals surface area (Å²) in [6, 6.07) is 5.17. The average molecular weight is 251 g/mol. The van der Waals surface area contributed by atoms with Crippen molar-refractivity contribution in [2.75, 3.05) is 25.0 Å². The van der Waals surface area contributed by atoms with Gasteiger partial charge in [-0.1, -0.05) is 13.8 Å².